The van der Waals surface area contributed by atoms with Crippen molar-refractivity contribution in [1.29, 1.82) is 0 Å². The molecule has 0 aromatic heterocycles. The molecule has 0 unspecified atom stereocenters. The van der Waals surface area contributed by atoms with Gasteiger partial charge in [-0.3, -0.25) is 4.79 Å². The van der Waals surface area contributed by atoms with Crippen molar-refractivity contribution >= 4 is 5.97 Å². The molecular formula is C16H18O3. The van der Waals surface area contributed by atoms with Gasteiger partial charge in [0.25, 0.3) is 0 Å². The Morgan fingerprint density at radius 1 is 1.37 bits per heavy atom. The van der Waals surface area contributed by atoms with Gasteiger partial charge >= 0.3 is 5.97 Å². The Morgan fingerprint density at radius 2 is 2.05 bits per heavy atom. The molecule has 0 aliphatic heterocycles. The summed E-state index contributed by atoms with van der Waals surface area (Å²) in [5, 5.41) is 0. The lowest BCUT2D eigenvalue weighted by molar-refractivity contribution is -0.150. The fourth-order valence-corrected chi connectivity index (χ4v) is 1.68. The maximum atomic E-state index is 11.6. The highest BCUT2D eigenvalue weighted by molar-refractivity contribution is 5.75. The molecular weight excluding hydrogens is 240 g/mol. The molecule has 1 aromatic carbocycles. The molecule has 19 heavy (non-hydrogen) atoms. The van der Waals surface area contributed by atoms with E-state index < -0.39 is 0 Å². The average Bonchev–Trinajstić information content (AvgIpc) is 3.24. The lowest BCUT2D eigenvalue weighted by Gasteiger charge is -2.13. The fourth-order valence-electron chi connectivity index (χ4n) is 1.68. The van der Waals surface area contributed by atoms with E-state index in [0.717, 1.165) is 24.2 Å². The minimum absolute atomic E-state index is 0.0777. The Balaban J connectivity index is 1.88. The number of rotatable bonds is 5. The number of carbonyl (C=O) groups excluding carboxylic acids is 1. The van der Waals surface area contributed by atoms with Gasteiger partial charge in [-0.05, 0) is 44.4 Å². The van der Waals surface area contributed by atoms with Crippen LogP contribution in [0.3, 0.4) is 0 Å². The van der Waals surface area contributed by atoms with Gasteiger partial charge in [0.1, 0.15) is 18.5 Å². The summed E-state index contributed by atoms with van der Waals surface area (Å²) >= 11 is 0. The molecule has 0 N–H and O–H groups in total. The van der Waals surface area contributed by atoms with Crippen LogP contribution < -0.4 is 4.74 Å². The summed E-state index contributed by atoms with van der Waals surface area (Å²) < 4.78 is 10.8. The maximum absolute atomic E-state index is 11.6. The molecule has 0 radical (unpaired) electrons. The average molecular weight is 258 g/mol. The smallest absolute Gasteiger partial charge is 0.309 e. The lowest BCUT2D eigenvalue weighted by Crippen LogP contribution is -2.10. The minimum atomic E-state index is -0.211. The first-order chi connectivity index (χ1) is 9.20. The SMILES string of the molecule is CC#CCOc1ccc([C@@H](C)OC(=O)C2CC2)cc1. The van der Waals surface area contributed by atoms with E-state index in [-0.39, 0.29) is 18.0 Å². The molecule has 2 rings (SSSR count). The van der Waals surface area contributed by atoms with Crippen LogP contribution in [0, 0.1) is 17.8 Å². The van der Waals surface area contributed by atoms with Gasteiger partial charge in [-0.25, -0.2) is 0 Å². The summed E-state index contributed by atoms with van der Waals surface area (Å²) in [7, 11) is 0. The Hall–Kier alpha value is -1.95. The lowest BCUT2D eigenvalue weighted by atomic mass is 10.1. The van der Waals surface area contributed by atoms with Gasteiger partial charge < -0.3 is 9.47 Å². The third-order valence-corrected chi connectivity index (χ3v) is 3.04. The van der Waals surface area contributed by atoms with Crippen LogP contribution in [0.1, 0.15) is 38.4 Å². The van der Waals surface area contributed by atoms with Crippen LogP contribution in [0.15, 0.2) is 24.3 Å². The standard InChI is InChI=1S/C16H18O3/c1-3-4-11-18-15-9-7-13(8-10-15)12(2)19-16(17)14-5-6-14/h7-10,12,14H,5-6,11H2,1-2H3/t12-/m1/s1. The number of hydrogen-bond donors (Lipinski definition) is 0. The van der Waals surface area contributed by atoms with Crippen LogP contribution >= 0.6 is 0 Å². The third-order valence-electron chi connectivity index (χ3n) is 3.04. The topological polar surface area (TPSA) is 35.5 Å². The molecule has 1 aromatic rings. The van der Waals surface area contributed by atoms with Crippen molar-refractivity contribution < 1.29 is 14.3 Å². The van der Waals surface area contributed by atoms with Gasteiger partial charge in [0.2, 0.25) is 0 Å². The molecule has 0 bridgehead atoms. The van der Waals surface area contributed by atoms with Crippen molar-refractivity contribution in [3.05, 3.63) is 29.8 Å². The summed E-state index contributed by atoms with van der Waals surface area (Å²) in [4.78, 5) is 11.6. The summed E-state index contributed by atoms with van der Waals surface area (Å²) in [6.45, 7) is 4.06. The zero-order valence-electron chi connectivity index (χ0n) is 11.3. The Kier molecular flexibility index (Phi) is 4.46. The minimum Gasteiger partial charge on any atom is -0.481 e. The largest absolute Gasteiger partial charge is 0.481 e. The first-order valence-corrected chi connectivity index (χ1v) is 6.53. The molecule has 0 saturated heterocycles. The van der Waals surface area contributed by atoms with Gasteiger partial charge in [-0.15, -0.1) is 5.92 Å². The van der Waals surface area contributed by atoms with Gasteiger partial charge in [0, 0.05) is 0 Å². The predicted octanol–water partition coefficient (Wildman–Crippen LogP) is 3.10. The highest BCUT2D eigenvalue weighted by Crippen LogP contribution is 2.32. The van der Waals surface area contributed by atoms with E-state index in [2.05, 4.69) is 11.8 Å². The van der Waals surface area contributed by atoms with Crippen molar-refractivity contribution in [1.82, 2.24) is 0 Å². The van der Waals surface area contributed by atoms with Gasteiger partial charge in [0.05, 0.1) is 5.92 Å². The molecule has 0 heterocycles. The summed E-state index contributed by atoms with van der Waals surface area (Å²) in [5.41, 5.74) is 0.975. The van der Waals surface area contributed by atoms with Gasteiger partial charge in [-0.1, -0.05) is 18.1 Å². The van der Waals surface area contributed by atoms with Crippen LogP contribution in [0.2, 0.25) is 0 Å². The maximum Gasteiger partial charge on any atom is 0.309 e. The molecule has 1 fully saturated rings. The van der Waals surface area contributed by atoms with E-state index in [0.29, 0.717) is 6.61 Å². The van der Waals surface area contributed by atoms with E-state index >= 15 is 0 Å². The Bertz CT molecular complexity index is 489. The van der Waals surface area contributed by atoms with Crippen LogP contribution in [-0.2, 0) is 9.53 Å². The highest BCUT2D eigenvalue weighted by atomic mass is 16.5. The van der Waals surface area contributed by atoms with Crippen molar-refractivity contribution in [2.45, 2.75) is 32.8 Å². The second-order valence-corrected chi connectivity index (χ2v) is 4.64. The van der Waals surface area contributed by atoms with Crippen molar-refractivity contribution in [2.24, 2.45) is 5.92 Å². The van der Waals surface area contributed by atoms with E-state index in [4.69, 9.17) is 9.47 Å². The number of benzene rings is 1. The Morgan fingerprint density at radius 3 is 2.63 bits per heavy atom. The second-order valence-electron chi connectivity index (χ2n) is 4.64. The molecule has 1 atom stereocenters. The number of hydrogen-bond acceptors (Lipinski definition) is 3. The molecule has 3 heteroatoms. The number of carbonyl (C=O) groups is 1. The summed E-state index contributed by atoms with van der Waals surface area (Å²) in [6, 6.07) is 7.57. The molecule has 1 saturated carbocycles. The summed E-state index contributed by atoms with van der Waals surface area (Å²) in [5.74, 6) is 6.44. The van der Waals surface area contributed by atoms with Crippen molar-refractivity contribution in [2.75, 3.05) is 6.61 Å². The van der Waals surface area contributed by atoms with Crippen LogP contribution in [0.25, 0.3) is 0 Å². The molecule has 1 aliphatic carbocycles. The molecule has 0 amide bonds. The summed E-state index contributed by atoms with van der Waals surface area (Å²) in [6.07, 6.45) is 1.73. The van der Waals surface area contributed by atoms with E-state index in [1.807, 2.05) is 31.2 Å². The third kappa shape index (κ3) is 4.03. The monoisotopic (exact) mass is 258 g/mol. The number of esters is 1. The van der Waals surface area contributed by atoms with Crippen molar-refractivity contribution in [3.8, 4) is 17.6 Å². The van der Waals surface area contributed by atoms with Gasteiger partial charge in [0.15, 0.2) is 0 Å². The highest BCUT2D eigenvalue weighted by Gasteiger charge is 2.32. The van der Waals surface area contributed by atoms with Crippen LogP contribution in [-0.4, -0.2) is 12.6 Å². The molecule has 100 valence electrons. The molecule has 0 spiro atoms. The van der Waals surface area contributed by atoms with E-state index in [1.165, 1.54) is 0 Å². The first kappa shape index (κ1) is 13.5. The quantitative estimate of drug-likeness (QED) is 0.601. The van der Waals surface area contributed by atoms with Crippen molar-refractivity contribution in [3.63, 3.8) is 0 Å². The second kappa shape index (κ2) is 6.29. The zero-order chi connectivity index (χ0) is 13.7. The normalized spacial score (nSPS) is 15.1. The Labute approximate surface area is 113 Å². The number of ether oxygens (including phenoxy) is 2. The fraction of sp³-hybridized carbons (Fsp3) is 0.438. The van der Waals surface area contributed by atoms with Crippen LogP contribution in [0.4, 0.5) is 0 Å². The predicted molar refractivity (Wildman–Crippen MR) is 72.6 cm³/mol. The van der Waals surface area contributed by atoms with E-state index in [1.54, 1.807) is 6.92 Å². The molecule has 1 aliphatic rings. The first-order valence-electron chi connectivity index (χ1n) is 6.53. The molecule has 3 nitrogen and oxygen atoms in total. The van der Waals surface area contributed by atoms with Crippen LogP contribution in [0.5, 0.6) is 5.75 Å². The van der Waals surface area contributed by atoms with Gasteiger partial charge in [-0.2, -0.15) is 0 Å². The zero-order valence-corrected chi connectivity index (χ0v) is 11.3. The van der Waals surface area contributed by atoms with E-state index in [9.17, 15) is 4.79 Å².